The van der Waals surface area contributed by atoms with Crippen molar-refractivity contribution in [1.29, 1.82) is 0 Å². The summed E-state index contributed by atoms with van der Waals surface area (Å²) in [5.74, 6) is 0.760. The minimum Gasteiger partial charge on any atom is -0.304 e. The number of carbonyl (C=O) groups excluding carboxylic acids is 4. The molecule has 0 fully saturated rings. The second kappa shape index (κ2) is 14.1. The Kier molecular flexibility index (Phi) is 15.2. The van der Waals surface area contributed by atoms with Gasteiger partial charge in [0.25, 0.3) is 0 Å². The monoisotopic (exact) mass is 448 g/mol. The molecule has 184 valence electrons. The Morgan fingerprint density at radius 2 is 0.906 bits per heavy atom. The zero-order chi connectivity index (χ0) is 26.6. The summed E-state index contributed by atoms with van der Waals surface area (Å²) in [7, 11) is 0. The third kappa shape index (κ3) is 17.6. The van der Waals surface area contributed by atoms with E-state index in [0.717, 1.165) is 11.8 Å². The Bertz CT molecular complexity index is 685. The van der Waals surface area contributed by atoms with Crippen LogP contribution in [0.4, 0.5) is 0 Å². The Morgan fingerprint density at radius 1 is 0.625 bits per heavy atom. The molecular formula is C28H48O4. The van der Waals surface area contributed by atoms with Crippen molar-refractivity contribution in [2.24, 2.45) is 21.7 Å². The van der Waals surface area contributed by atoms with Crippen molar-refractivity contribution in [1.82, 2.24) is 0 Å². The molecule has 0 amide bonds. The van der Waals surface area contributed by atoms with Crippen molar-refractivity contribution in [3.05, 3.63) is 35.9 Å². The lowest BCUT2D eigenvalue weighted by Gasteiger charge is -2.26. The van der Waals surface area contributed by atoms with Gasteiger partial charge in [0.1, 0.15) is 17.9 Å². The first kappa shape index (κ1) is 34.5. The lowest BCUT2D eigenvalue weighted by molar-refractivity contribution is -0.134. The first-order valence-electron chi connectivity index (χ1n) is 11.1. The molecule has 0 bridgehead atoms. The van der Waals surface area contributed by atoms with Crippen molar-refractivity contribution < 1.29 is 19.2 Å². The third-order valence-electron chi connectivity index (χ3n) is 4.14. The molecule has 4 nitrogen and oxygen atoms in total. The van der Waals surface area contributed by atoms with Crippen molar-refractivity contribution in [3.8, 4) is 0 Å². The predicted molar refractivity (Wildman–Crippen MR) is 136 cm³/mol. The minimum atomic E-state index is -0.276. The summed E-state index contributed by atoms with van der Waals surface area (Å²) in [4.78, 5) is 42.4. The van der Waals surface area contributed by atoms with Gasteiger partial charge in [-0.05, 0) is 13.8 Å². The van der Waals surface area contributed by atoms with Gasteiger partial charge in [0.15, 0.2) is 5.78 Å². The van der Waals surface area contributed by atoms with Gasteiger partial charge in [-0.15, -0.1) is 0 Å². The lowest BCUT2D eigenvalue weighted by atomic mass is 9.76. The predicted octanol–water partition coefficient (Wildman–Crippen LogP) is 7.39. The molecule has 0 aliphatic heterocycles. The van der Waals surface area contributed by atoms with Gasteiger partial charge in [-0.1, -0.05) is 113 Å². The average molecular weight is 449 g/mol. The molecule has 1 aromatic rings. The highest BCUT2D eigenvalue weighted by Crippen LogP contribution is 2.27. The van der Waals surface area contributed by atoms with Gasteiger partial charge in [-0.3, -0.25) is 14.4 Å². The molecule has 0 heterocycles. The first-order valence-corrected chi connectivity index (χ1v) is 11.1. The number of benzene rings is 1. The lowest BCUT2D eigenvalue weighted by Crippen LogP contribution is -2.32. The van der Waals surface area contributed by atoms with E-state index in [4.69, 9.17) is 4.79 Å². The first-order chi connectivity index (χ1) is 14.0. The van der Waals surface area contributed by atoms with Gasteiger partial charge in [-0.2, -0.15) is 0 Å². The normalized spacial score (nSPS) is 11.3. The van der Waals surface area contributed by atoms with E-state index in [1.165, 1.54) is 6.92 Å². The van der Waals surface area contributed by atoms with E-state index in [1.54, 1.807) is 6.92 Å². The van der Waals surface area contributed by atoms with E-state index >= 15 is 0 Å². The summed E-state index contributed by atoms with van der Waals surface area (Å²) in [5, 5.41) is 0. The number of rotatable bonds is 1. The summed E-state index contributed by atoms with van der Waals surface area (Å²) < 4.78 is 0. The van der Waals surface area contributed by atoms with Crippen molar-refractivity contribution in [2.45, 2.75) is 96.9 Å². The Labute approximate surface area is 197 Å². The van der Waals surface area contributed by atoms with Crippen LogP contribution in [-0.4, -0.2) is 23.6 Å². The second-order valence-corrected chi connectivity index (χ2v) is 11.8. The zero-order valence-corrected chi connectivity index (χ0v) is 23.1. The molecule has 0 saturated heterocycles. The highest BCUT2D eigenvalue weighted by molar-refractivity contribution is 5.99. The summed E-state index contributed by atoms with van der Waals surface area (Å²) >= 11 is 0. The quantitative estimate of drug-likeness (QED) is 0.332. The molecule has 0 aromatic heterocycles. The molecular weight excluding hydrogens is 400 g/mol. The standard InChI is InChI=1S/C11H14O.C9H18O.C6H12O.C2H4O/c1-11(2,3)10(12)9-7-5-4-6-8-9;1-8(2,3)7(10)9(4,5)6;1-5(7)6(2,3)4;1-2-3/h4-8H,1-3H3;1-6H3;1-4H3;2H,1H3. The van der Waals surface area contributed by atoms with E-state index in [-0.39, 0.29) is 33.2 Å². The molecule has 1 rings (SSSR count). The fraction of sp³-hybridized carbons (Fsp3) is 0.643. The summed E-state index contributed by atoms with van der Waals surface area (Å²) in [6.45, 7) is 26.3. The number of hydrogen-bond acceptors (Lipinski definition) is 4. The van der Waals surface area contributed by atoms with Gasteiger partial charge in [0, 0.05) is 27.2 Å². The van der Waals surface area contributed by atoms with E-state index in [0.29, 0.717) is 5.78 Å². The van der Waals surface area contributed by atoms with Gasteiger partial charge in [-0.25, -0.2) is 0 Å². The fourth-order valence-corrected chi connectivity index (χ4v) is 2.15. The van der Waals surface area contributed by atoms with Gasteiger partial charge >= 0.3 is 0 Å². The molecule has 0 aliphatic carbocycles. The van der Waals surface area contributed by atoms with Gasteiger partial charge in [0.05, 0.1) is 0 Å². The summed E-state index contributed by atoms with van der Waals surface area (Å²) in [6, 6.07) is 9.40. The highest BCUT2D eigenvalue weighted by atomic mass is 16.1. The van der Waals surface area contributed by atoms with Crippen LogP contribution in [0.25, 0.3) is 0 Å². The molecule has 0 N–H and O–H groups in total. The molecule has 0 radical (unpaired) electrons. The molecule has 1 aromatic carbocycles. The minimum absolute atomic E-state index is 0.139. The van der Waals surface area contributed by atoms with Crippen LogP contribution in [0.1, 0.15) is 107 Å². The zero-order valence-electron chi connectivity index (χ0n) is 23.1. The van der Waals surface area contributed by atoms with E-state index in [2.05, 4.69) is 0 Å². The Morgan fingerprint density at radius 3 is 1.06 bits per heavy atom. The van der Waals surface area contributed by atoms with Gasteiger partial charge < -0.3 is 4.79 Å². The molecule has 0 spiro atoms. The Balaban J connectivity index is -0.000000382. The van der Waals surface area contributed by atoms with E-state index in [9.17, 15) is 14.4 Å². The number of carbonyl (C=O) groups is 4. The van der Waals surface area contributed by atoms with Crippen LogP contribution in [0.5, 0.6) is 0 Å². The number of Topliss-reactive ketones (excluding diaryl/α,β-unsaturated/α-hetero) is 3. The van der Waals surface area contributed by atoms with Gasteiger partial charge in [0.2, 0.25) is 0 Å². The van der Waals surface area contributed by atoms with Crippen LogP contribution < -0.4 is 0 Å². The summed E-state index contributed by atoms with van der Waals surface area (Å²) in [5.41, 5.74) is -0.0114. The van der Waals surface area contributed by atoms with Crippen LogP contribution in [0.3, 0.4) is 0 Å². The molecule has 0 saturated carbocycles. The smallest absolute Gasteiger partial charge is 0.168 e. The molecule has 32 heavy (non-hydrogen) atoms. The van der Waals surface area contributed by atoms with Crippen LogP contribution in [-0.2, 0) is 14.4 Å². The highest BCUT2D eigenvalue weighted by Gasteiger charge is 2.31. The van der Waals surface area contributed by atoms with Crippen LogP contribution in [0, 0.1) is 21.7 Å². The SMILES string of the molecule is CC(=O)C(C)(C)C.CC(C)(C)C(=O)C(C)(C)C.CC(C)(C)C(=O)c1ccccc1.CC=O. The average Bonchev–Trinajstić information content (AvgIpc) is 2.60. The maximum atomic E-state index is 11.7. The maximum Gasteiger partial charge on any atom is 0.168 e. The number of hydrogen-bond donors (Lipinski definition) is 0. The molecule has 4 heteroatoms. The van der Waals surface area contributed by atoms with Crippen molar-refractivity contribution in [2.75, 3.05) is 0 Å². The summed E-state index contributed by atoms with van der Waals surface area (Å²) in [6.07, 6.45) is 0.750. The number of aldehydes is 1. The van der Waals surface area contributed by atoms with Crippen LogP contribution in [0.2, 0.25) is 0 Å². The third-order valence-corrected chi connectivity index (χ3v) is 4.14. The molecule has 0 atom stereocenters. The fourth-order valence-electron chi connectivity index (χ4n) is 2.15. The topological polar surface area (TPSA) is 68.3 Å². The van der Waals surface area contributed by atoms with Crippen molar-refractivity contribution in [3.63, 3.8) is 0 Å². The largest absolute Gasteiger partial charge is 0.304 e. The Hall–Kier alpha value is -2.10. The second-order valence-electron chi connectivity index (χ2n) is 11.8. The van der Waals surface area contributed by atoms with E-state index in [1.807, 2.05) is 113 Å². The molecule has 0 aliphatic rings. The number of ketones is 3. The van der Waals surface area contributed by atoms with Crippen molar-refractivity contribution >= 4 is 23.6 Å². The molecule has 0 unspecified atom stereocenters. The van der Waals surface area contributed by atoms with Crippen LogP contribution in [0.15, 0.2) is 30.3 Å². The maximum absolute atomic E-state index is 11.7. The van der Waals surface area contributed by atoms with Crippen LogP contribution >= 0.6 is 0 Å². The van der Waals surface area contributed by atoms with E-state index < -0.39 is 0 Å².